The lowest BCUT2D eigenvalue weighted by atomic mass is 10.5. The fourth-order valence-electron chi connectivity index (χ4n) is 1.37. The summed E-state index contributed by atoms with van der Waals surface area (Å²) in [6.45, 7) is 6.64. The molecule has 0 saturated carbocycles. The van der Waals surface area contributed by atoms with Crippen molar-refractivity contribution in [3.05, 3.63) is 12.4 Å². The first kappa shape index (κ1) is 14.1. The maximum absolute atomic E-state index is 11.6. The van der Waals surface area contributed by atoms with E-state index in [9.17, 15) is 8.42 Å². The summed E-state index contributed by atoms with van der Waals surface area (Å²) in [6.07, 6.45) is 4.00. The van der Waals surface area contributed by atoms with Gasteiger partial charge in [-0.3, -0.25) is 4.68 Å². The van der Waals surface area contributed by atoms with Gasteiger partial charge in [0.25, 0.3) is 0 Å². The lowest BCUT2D eigenvalue weighted by Crippen LogP contribution is -2.23. The van der Waals surface area contributed by atoms with Crippen LogP contribution >= 0.6 is 0 Å². The molecule has 6 nitrogen and oxygen atoms in total. The normalized spacial score (nSPS) is 11.9. The molecule has 98 valence electrons. The zero-order valence-corrected chi connectivity index (χ0v) is 11.1. The fraction of sp³-hybridized carbons (Fsp3) is 0.700. The van der Waals surface area contributed by atoms with Crippen LogP contribution in [0.15, 0.2) is 17.3 Å². The van der Waals surface area contributed by atoms with Crippen molar-refractivity contribution < 1.29 is 8.42 Å². The van der Waals surface area contributed by atoms with Crippen molar-refractivity contribution in [1.82, 2.24) is 19.8 Å². The minimum absolute atomic E-state index is 0.217. The van der Waals surface area contributed by atoms with Gasteiger partial charge in [-0.25, -0.2) is 13.1 Å². The van der Waals surface area contributed by atoms with Crippen LogP contribution in [0.4, 0.5) is 0 Å². The Hall–Kier alpha value is -0.920. The van der Waals surface area contributed by atoms with Gasteiger partial charge in [0.1, 0.15) is 4.90 Å². The molecular formula is C10H20N4O2S. The average Bonchev–Trinajstić information content (AvgIpc) is 2.74. The molecule has 0 fully saturated rings. The van der Waals surface area contributed by atoms with Crippen molar-refractivity contribution in [2.45, 2.75) is 31.7 Å². The molecule has 0 radical (unpaired) electrons. The third-order valence-electron chi connectivity index (χ3n) is 2.20. The smallest absolute Gasteiger partial charge is 0.243 e. The number of sulfonamides is 1. The second-order valence-electron chi connectivity index (χ2n) is 3.69. The van der Waals surface area contributed by atoms with Crippen LogP contribution in [0.5, 0.6) is 0 Å². The summed E-state index contributed by atoms with van der Waals surface area (Å²) in [4.78, 5) is 0.217. The van der Waals surface area contributed by atoms with Gasteiger partial charge in [0.15, 0.2) is 0 Å². The SMILES string of the molecule is CCCNCCn1cc(S(=O)(=O)NCC)cn1. The van der Waals surface area contributed by atoms with Crippen LogP contribution in [-0.2, 0) is 16.6 Å². The Morgan fingerprint density at radius 2 is 2.12 bits per heavy atom. The molecule has 0 aromatic carbocycles. The summed E-state index contributed by atoms with van der Waals surface area (Å²) < 4.78 is 27.3. The van der Waals surface area contributed by atoms with Crippen molar-refractivity contribution in [3.63, 3.8) is 0 Å². The summed E-state index contributed by atoms with van der Waals surface area (Å²) in [6, 6.07) is 0. The van der Waals surface area contributed by atoms with Crippen molar-refractivity contribution in [2.24, 2.45) is 0 Å². The highest BCUT2D eigenvalue weighted by molar-refractivity contribution is 7.89. The zero-order valence-electron chi connectivity index (χ0n) is 10.3. The summed E-state index contributed by atoms with van der Waals surface area (Å²) >= 11 is 0. The number of hydrogen-bond acceptors (Lipinski definition) is 4. The first-order valence-electron chi connectivity index (χ1n) is 5.83. The van der Waals surface area contributed by atoms with Gasteiger partial charge in [0, 0.05) is 19.3 Å². The molecule has 1 heterocycles. The molecule has 0 aliphatic heterocycles. The molecule has 1 rings (SSSR count). The minimum atomic E-state index is -3.38. The summed E-state index contributed by atoms with van der Waals surface area (Å²) in [5.74, 6) is 0. The van der Waals surface area contributed by atoms with Gasteiger partial charge in [-0.2, -0.15) is 5.10 Å². The number of hydrogen-bond donors (Lipinski definition) is 2. The Balaban J connectivity index is 2.53. The second kappa shape index (κ2) is 6.73. The first-order valence-corrected chi connectivity index (χ1v) is 7.31. The Morgan fingerprint density at radius 1 is 1.35 bits per heavy atom. The van der Waals surface area contributed by atoms with E-state index in [-0.39, 0.29) is 4.90 Å². The predicted molar refractivity (Wildman–Crippen MR) is 66.3 cm³/mol. The summed E-state index contributed by atoms with van der Waals surface area (Å²) in [7, 11) is -3.38. The van der Waals surface area contributed by atoms with E-state index in [1.807, 2.05) is 0 Å². The lowest BCUT2D eigenvalue weighted by molar-refractivity contribution is 0.552. The zero-order chi connectivity index (χ0) is 12.7. The van der Waals surface area contributed by atoms with Crippen molar-refractivity contribution >= 4 is 10.0 Å². The van der Waals surface area contributed by atoms with Gasteiger partial charge in [-0.05, 0) is 13.0 Å². The van der Waals surface area contributed by atoms with Crippen LogP contribution in [0.3, 0.4) is 0 Å². The van der Waals surface area contributed by atoms with E-state index in [1.54, 1.807) is 17.8 Å². The molecule has 7 heteroatoms. The third-order valence-corrected chi connectivity index (χ3v) is 3.70. The summed E-state index contributed by atoms with van der Waals surface area (Å²) in [5.41, 5.74) is 0. The van der Waals surface area contributed by atoms with Crippen LogP contribution in [0.25, 0.3) is 0 Å². The molecule has 0 aliphatic carbocycles. The van der Waals surface area contributed by atoms with E-state index in [0.29, 0.717) is 13.1 Å². The largest absolute Gasteiger partial charge is 0.315 e. The van der Waals surface area contributed by atoms with Crippen LogP contribution in [0.2, 0.25) is 0 Å². The van der Waals surface area contributed by atoms with Crippen molar-refractivity contribution in [2.75, 3.05) is 19.6 Å². The molecule has 0 bridgehead atoms. The van der Waals surface area contributed by atoms with Crippen LogP contribution in [0.1, 0.15) is 20.3 Å². The lowest BCUT2D eigenvalue weighted by Gasteiger charge is -2.03. The maximum atomic E-state index is 11.6. The molecule has 1 aromatic heterocycles. The Morgan fingerprint density at radius 3 is 2.76 bits per heavy atom. The first-order chi connectivity index (χ1) is 8.10. The maximum Gasteiger partial charge on any atom is 0.243 e. The number of nitrogens with one attached hydrogen (secondary N) is 2. The third kappa shape index (κ3) is 4.45. The Labute approximate surface area is 102 Å². The standard InChI is InChI=1S/C10H20N4O2S/c1-3-5-11-6-7-14-9-10(8-12-14)17(15,16)13-4-2/h8-9,11,13H,3-7H2,1-2H3. The average molecular weight is 260 g/mol. The van der Waals surface area contributed by atoms with Crippen molar-refractivity contribution in [3.8, 4) is 0 Å². The molecule has 0 aliphatic rings. The molecule has 2 N–H and O–H groups in total. The number of rotatable bonds is 8. The van der Waals surface area contributed by atoms with Gasteiger partial charge >= 0.3 is 0 Å². The van der Waals surface area contributed by atoms with E-state index >= 15 is 0 Å². The molecule has 0 spiro atoms. The van der Waals surface area contributed by atoms with Gasteiger partial charge in [-0.15, -0.1) is 0 Å². The minimum Gasteiger partial charge on any atom is -0.315 e. The fourth-order valence-corrected chi connectivity index (χ4v) is 2.37. The Kier molecular flexibility index (Phi) is 5.60. The second-order valence-corrected chi connectivity index (χ2v) is 5.46. The van der Waals surface area contributed by atoms with E-state index < -0.39 is 10.0 Å². The van der Waals surface area contributed by atoms with E-state index in [2.05, 4.69) is 22.1 Å². The Bertz CT molecular complexity index is 427. The van der Waals surface area contributed by atoms with E-state index in [4.69, 9.17) is 0 Å². The summed E-state index contributed by atoms with van der Waals surface area (Å²) in [5, 5.41) is 7.25. The van der Waals surface area contributed by atoms with Crippen LogP contribution < -0.4 is 10.0 Å². The molecule has 0 atom stereocenters. The molecule has 0 amide bonds. The van der Waals surface area contributed by atoms with Crippen LogP contribution in [-0.4, -0.2) is 37.8 Å². The quantitative estimate of drug-likeness (QED) is 0.654. The van der Waals surface area contributed by atoms with Gasteiger partial charge in [0.2, 0.25) is 10.0 Å². The van der Waals surface area contributed by atoms with Crippen LogP contribution in [0, 0.1) is 0 Å². The van der Waals surface area contributed by atoms with Gasteiger partial charge < -0.3 is 5.32 Å². The topological polar surface area (TPSA) is 76.0 Å². The highest BCUT2D eigenvalue weighted by Crippen LogP contribution is 2.05. The predicted octanol–water partition coefficient (Wildman–Crippen LogP) is 0.181. The van der Waals surface area contributed by atoms with E-state index in [1.165, 1.54) is 6.20 Å². The molecule has 0 unspecified atom stereocenters. The van der Waals surface area contributed by atoms with Gasteiger partial charge in [0.05, 0.1) is 12.7 Å². The molecule has 0 saturated heterocycles. The monoisotopic (exact) mass is 260 g/mol. The number of aromatic nitrogens is 2. The molecular weight excluding hydrogens is 240 g/mol. The highest BCUT2D eigenvalue weighted by Gasteiger charge is 2.14. The van der Waals surface area contributed by atoms with Crippen molar-refractivity contribution in [1.29, 1.82) is 0 Å². The molecule has 17 heavy (non-hydrogen) atoms. The molecule has 1 aromatic rings. The van der Waals surface area contributed by atoms with Gasteiger partial charge in [-0.1, -0.05) is 13.8 Å². The van der Waals surface area contributed by atoms with E-state index in [0.717, 1.165) is 19.5 Å². The highest BCUT2D eigenvalue weighted by atomic mass is 32.2. The number of nitrogens with zero attached hydrogens (tertiary/aromatic N) is 2.